The molecule has 0 spiro atoms. The van der Waals surface area contributed by atoms with E-state index in [1.807, 2.05) is 48.5 Å². The van der Waals surface area contributed by atoms with Crippen molar-refractivity contribution in [3.63, 3.8) is 0 Å². The zero-order valence-corrected chi connectivity index (χ0v) is 27.2. The minimum absolute atomic E-state index is 0.0528. The van der Waals surface area contributed by atoms with Gasteiger partial charge in [0.05, 0.1) is 27.7 Å². The second-order valence-electron chi connectivity index (χ2n) is 12.4. The Morgan fingerprint density at radius 1 is 1.02 bits per heavy atom. The van der Waals surface area contributed by atoms with E-state index < -0.39 is 35.5 Å². The molecule has 2 aromatic carbocycles. The number of carboxylic acids is 4. The van der Waals surface area contributed by atoms with Crippen molar-refractivity contribution >= 4 is 45.4 Å². The first-order valence-electron chi connectivity index (χ1n) is 14.8. The van der Waals surface area contributed by atoms with Crippen LogP contribution in [0.15, 0.2) is 48.5 Å². The highest BCUT2D eigenvalue weighted by atomic mass is 32.1. The van der Waals surface area contributed by atoms with E-state index in [0.29, 0.717) is 25.9 Å². The number of aliphatic carboxylic acids is 4. The summed E-state index contributed by atoms with van der Waals surface area (Å²) < 4.78 is 1.06. The lowest BCUT2D eigenvalue weighted by molar-refractivity contribution is -0.144. The predicted molar refractivity (Wildman–Crippen MR) is 176 cm³/mol. The molecule has 2 heterocycles. The largest absolute Gasteiger partial charge is 0.481 e. The van der Waals surface area contributed by atoms with Crippen molar-refractivity contribution in [3.05, 3.63) is 64.7 Å². The van der Waals surface area contributed by atoms with Gasteiger partial charge in [-0.05, 0) is 41.5 Å². The number of benzene rings is 2. The molecule has 1 aromatic heterocycles. The highest BCUT2D eigenvalue weighted by molar-refractivity contribution is 7.18. The average molecular weight is 660 g/mol. The second-order valence-corrected chi connectivity index (χ2v) is 13.5. The van der Waals surface area contributed by atoms with Gasteiger partial charge in [-0.3, -0.25) is 19.2 Å². The third-order valence-electron chi connectivity index (χ3n) is 7.00. The molecule has 2 atom stereocenters. The van der Waals surface area contributed by atoms with E-state index in [-0.39, 0.29) is 24.3 Å². The van der Waals surface area contributed by atoms with Crippen molar-refractivity contribution in [2.75, 3.05) is 26.2 Å². The molecule has 3 aromatic rings. The Hall–Kier alpha value is -3.95. The number of thiazole rings is 1. The van der Waals surface area contributed by atoms with Crippen LogP contribution in [0.25, 0.3) is 10.2 Å². The van der Waals surface area contributed by atoms with Crippen LogP contribution in [0.5, 0.6) is 0 Å². The molecule has 1 unspecified atom stereocenters. The number of nitrogens with two attached hydrogens (primary N) is 2. The molecular formula is C32H45N5O8S. The number of hydrogen-bond donors (Lipinski definition) is 8. The van der Waals surface area contributed by atoms with Gasteiger partial charge in [0.1, 0.15) is 11.6 Å². The molecule has 5 rings (SSSR count). The Balaban J connectivity index is 0.000000222. The summed E-state index contributed by atoms with van der Waals surface area (Å²) in [7, 11) is 0. The SMILES string of the molecule is CC(C)(C)CNCC(=O)O.NC1(C(=O)O)CCc2ccccc2C1.N[C@@H](Cc1nc2ccccc2s1)C(=O)O.O=C(O)C1CNC1. The van der Waals surface area contributed by atoms with Crippen LogP contribution in [0.2, 0.25) is 0 Å². The Labute approximate surface area is 272 Å². The lowest BCUT2D eigenvalue weighted by Crippen LogP contribution is -2.52. The van der Waals surface area contributed by atoms with Crippen LogP contribution < -0.4 is 22.1 Å². The number of hydrogen-bond acceptors (Lipinski definition) is 10. The summed E-state index contributed by atoms with van der Waals surface area (Å²) in [5, 5.41) is 40.6. The number of carbonyl (C=O) groups is 4. The summed E-state index contributed by atoms with van der Waals surface area (Å²) in [6, 6.07) is 14.7. The van der Waals surface area contributed by atoms with Gasteiger partial charge in [-0.1, -0.05) is 57.2 Å². The summed E-state index contributed by atoms with van der Waals surface area (Å²) in [6.07, 6.45) is 2.02. The van der Waals surface area contributed by atoms with Gasteiger partial charge in [0, 0.05) is 32.5 Å². The van der Waals surface area contributed by atoms with E-state index in [4.69, 9.17) is 31.9 Å². The smallest absolute Gasteiger partial charge is 0.324 e. The first-order chi connectivity index (χ1) is 21.5. The molecule has 1 aliphatic carbocycles. The van der Waals surface area contributed by atoms with Crippen LogP contribution in [0.3, 0.4) is 0 Å². The van der Waals surface area contributed by atoms with Gasteiger partial charge in [0.25, 0.3) is 0 Å². The Morgan fingerprint density at radius 2 is 1.63 bits per heavy atom. The maximum Gasteiger partial charge on any atom is 0.324 e. The minimum Gasteiger partial charge on any atom is -0.481 e. The quantitative estimate of drug-likeness (QED) is 0.173. The fourth-order valence-corrected chi connectivity index (χ4v) is 5.26. The van der Waals surface area contributed by atoms with Crippen LogP contribution in [-0.4, -0.2) is 87.0 Å². The molecule has 2 aliphatic rings. The molecule has 0 bridgehead atoms. The summed E-state index contributed by atoms with van der Waals surface area (Å²) in [6.45, 7) is 8.26. The molecule has 0 radical (unpaired) electrons. The number of carboxylic acid groups (broad SMARTS) is 4. The third kappa shape index (κ3) is 13.2. The molecule has 14 heteroatoms. The van der Waals surface area contributed by atoms with E-state index in [1.54, 1.807) is 0 Å². The molecule has 46 heavy (non-hydrogen) atoms. The first-order valence-corrected chi connectivity index (χ1v) is 15.6. The number of aromatic nitrogens is 1. The Kier molecular flexibility index (Phi) is 14.7. The molecule has 1 saturated heterocycles. The number of aryl methyl sites for hydroxylation is 1. The van der Waals surface area contributed by atoms with Crippen LogP contribution in [0.4, 0.5) is 0 Å². The maximum atomic E-state index is 11.0. The van der Waals surface area contributed by atoms with Crippen molar-refractivity contribution < 1.29 is 39.6 Å². The van der Waals surface area contributed by atoms with Crippen LogP contribution in [0, 0.1) is 11.3 Å². The van der Waals surface area contributed by atoms with Crippen molar-refractivity contribution in [2.45, 2.75) is 58.0 Å². The first kappa shape index (κ1) is 38.2. The minimum atomic E-state index is -1.06. The third-order valence-corrected chi connectivity index (χ3v) is 8.06. The number of fused-ring (bicyclic) bond motifs is 2. The lowest BCUT2D eigenvalue weighted by Gasteiger charge is -2.30. The highest BCUT2D eigenvalue weighted by Gasteiger charge is 2.37. The van der Waals surface area contributed by atoms with Crippen molar-refractivity contribution in [1.82, 2.24) is 15.6 Å². The van der Waals surface area contributed by atoms with E-state index in [9.17, 15) is 19.2 Å². The van der Waals surface area contributed by atoms with Crippen LogP contribution >= 0.6 is 11.3 Å². The highest BCUT2D eigenvalue weighted by Crippen LogP contribution is 2.27. The molecule has 0 saturated carbocycles. The van der Waals surface area contributed by atoms with Gasteiger partial charge in [-0.15, -0.1) is 11.3 Å². The second kappa shape index (κ2) is 17.7. The molecular weight excluding hydrogens is 614 g/mol. The Morgan fingerprint density at radius 3 is 2.11 bits per heavy atom. The van der Waals surface area contributed by atoms with Gasteiger partial charge in [-0.2, -0.15) is 0 Å². The predicted octanol–water partition coefficient (Wildman–Crippen LogP) is 2.21. The average Bonchev–Trinajstić information content (AvgIpc) is 3.34. The number of nitrogens with one attached hydrogen (secondary N) is 2. The molecule has 1 fully saturated rings. The van der Waals surface area contributed by atoms with Gasteiger partial charge in [-0.25, -0.2) is 4.98 Å². The standard InChI is InChI=1S/C11H13NO2.C10H10N2O2S.C7H15NO2.C4H7NO2/c12-11(10(13)14)6-5-8-3-1-2-4-9(8)7-11;11-6(10(13)14)5-9-12-7-3-1-2-4-8(7)15-9;1-7(2,3)5-8-4-6(9)10;6-4(7)3-1-5-2-3/h1-4H,5-7,12H2,(H,13,14);1-4,6H,5,11H2,(H,13,14);8H,4-5H2,1-3H3,(H,9,10);3,5H,1-2H2,(H,6,7)/t;6-;;/m.0../s1. The van der Waals surface area contributed by atoms with E-state index in [1.165, 1.54) is 16.9 Å². The monoisotopic (exact) mass is 659 g/mol. The number of para-hydroxylation sites is 1. The summed E-state index contributed by atoms with van der Waals surface area (Å²) in [5.74, 6) is -3.48. The molecule has 0 amide bonds. The maximum absolute atomic E-state index is 11.0. The van der Waals surface area contributed by atoms with Gasteiger partial charge in [0.15, 0.2) is 0 Å². The summed E-state index contributed by atoms with van der Waals surface area (Å²) in [5.41, 5.74) is 13.6. The van der Waals surface area contributed by atoms with Crippen molar-refractivity contribution in [2.24, 2.45) is 22.8 Å². The van der Waals surface area contributed by atoms with Crippen molar-refractivity contribution in [3.8, 4) is 0 Å². The zero-order chi connectivity index (χ0) is 34.5. The van der Waals surface area contributed by atoms with E-state index in [2.05, 4.69) is 36.4 Å². The van der Waals surface area contributed by atoms with Gasteiger partial charge >= 0.3 is 23.9 Å². The number of nitrogens with zero attached hydrogens (tertiary/aromatic N) is 1. The fraction of sp³-hybridized carbons (Fsp3) is 0.469. The molecule has 10 N–H and O–H groups in total. The normalized spacial score (nSPS) is 17.7. The molecule has 13 nitrogen and oxygen atoms in total. The molecule has 252 valence electrons. The van der Waals surface area contributed by atoms with E-state index >= 15 is 0 Å². The summed E-state index contributed by atoms with van der Waals surface area (Å²) in [4.78, 5) is 45.8. The van der Waals surface area contributed by atoms with Crippen LogP contribution in [-0.2, 0) is 38.4 Å². The van der Waals surface area contributed by atoms with Gasteiger partial charge in [0.2, 0.25) is 0 Å². The van der Waals surface area contributed by atoms with E-state index in [0.717, 1.165) is 33.8 Å². The number of rotatable bonds is 8. The fourth-order valence-electron chi connectivity index (χ4n) is 4.23. The Bertz CT molecular complexity index is 1440. The lowest BCUT2D eigenvalue weighted by atomic mass is 9.79. The zero-order valence-electron chi connectivity index (χ0n) is 26.4. The summed E-state index contributed by atoms with van der Waals surface area (Å²) >= 11 is 1.49. The topological polar surface area (TPSA) is 238 Å². The van der Waals surface area contributed by atoms with Gasteiger partial charge < -0.3 is 42.5 Å². The van der Waals surface area contributed by atoms with Crippen LogP contribution in [0.1, 0.15) is 43.3 Å². The molecule has 1 aliphatic heterocycles. The van der Waals surface area contributed by atoms with Crippen molar-refractivity contribution in [1.29, 1.82) is 0 Å².